The molecule has 0 spiro atoms. The number of nitrogens with zero attached hydrogens (tertiary/aromatic N) is 1. The van der Waals surface area contributed by atoms with E-state index in [4.69, 9.17) is 15.2 Å². The van der Waals surface area contributed by atoms with Crippen LogP contribution in [0.1, 0.15) is 23.2 Å². The first-order valence-electron chi connectivity index (χ1n) is 8.96. The monoisotopic (exact) mass is 403 g/mol. The van der Waals surface area contributed by atoms with E-state index in [9.17, 15) is 9.59 Å². The van der Waals surface area contributed by atoms with Gasteiger partial charge in [0.25, 0.3) is 5.91 Å². The number of amides is 2. The predicted molar refractivity (Wildman–Crippen MR) is 108 cm³/mol. The Hall–Kier alpha value is -2.93. The van der Waals surface area contributed by atoms with Crippen molar-refractivity contribution in [1.82, 2.24) is 4.90 Å². The molecule has 0 aromatic heterocycles. The van der Waals surface area contributed by atoms with Crippen LogP contribution in [0.4, 0.5) is 11.4 Å². The maximum absolute atomic E-state index is 12.7. The van der Waals surface area contributed by atoms with Crippen LogP contribution in [0, 0.1) is 5.92 Å². The van der Waals surface area contributed by atoms with E-state index in [2.05, 4.69) is 5.32 Å². The second kappa shape index (κ2) is 8.39. The van der Waals surface area contributed by atoms with Crippen molar-refractivity contribution in [3.05, 3.63) is 48.0 Å². The lowest BCUT2D eigenvalue weighted by atomic mass is 9.96. The minimum atomic E-state index is -0.281. The molecule has 28 heavy (non-hydrogen) atoms. The summed E-state index contributed by atoms with van der Waals surface area (Å²) in [5, 5.41) is 2.87. The van der Waals surface area contributed by atoms with E-state index in [0.717, 1.165) is 12.8 Å². The first kappa shape index (κ1) is 19.8. The fourth-order valence-electron chi connectivity index (χ4n) is 3.44. The molecule has 8 heteroatoms. The normalized spacial score (nSPS) is 17.6. The fraction of sp³-hybridized carbons (Fsp3) is 0.300. The molecule has 0 saturated carbocycles. The van der Waals surface area contributed by atoms with Crippen molar-refractivity contribution in [2.75, 3.05) is 30.9 Å². The number of likely N-dealkylation sites (tertiary alicyclic amines) is 1. The van der Waals surface area contributed by atoms with Gasteiger partial charge in [0.15, 0.2) is 11.5 Å². The Morgan fingerprint density at radius 2 is 1.82 bits per heavy atom. The predicted octanol–water partition coefficient (Wildman–Crippen LogP) is 2.91. The van der Waals surface area contributed by atoms with Gasteiger partial charge in [0.05, 0.1) is 17.3 Å². The first-order valence-corrected chi connectivity index (χ1v) is 8.96. The molecule has 0 bridgehead atoms. The average Bonchev–Trinajstić information content (AvgIpc) is 3.15. The van der Waals surface area contributed by atoms with Gasteiger partial charge >= 0.3 is 0 Å². The highest BCUT2D eigenvalue weighted by atomic mass is 35.5. The van der Waals surface area contributed by atoms with Crippen LogP contribution in [-0.2, 0) is 4.79 Å². The highest BCUT2D eigenvalue weighted by Crippen LogP contribution is 2.38. The average molecular weight is 404 g/mol. The Balaban J connectivity index is 0.00000225. The summed E-state index contributed by atoms with van der Waals surface area (Å²) in [7, 11) is 0. The SMILES string of the molecule is Cl.Nc1cc2c(cc1NC(=O)C1CCCN(C(=O)c3ccccc3)C1)OCO2. The third-order valence-electron chi connectivity index (χ3n) is 4.90. The zero-order valence-electron chi connectivity index (χ0n) is 15.2. The van der Waals surface area contributed by atoms with Gasteiger partial charge in [-0.1, -0.05) is 18.2 Å². The third-order valence-corrected chi connectivity index (χ3v) is 4.90. The molecule has 2 heterocycles. The fourth-order valence-corrected chi connectivity index (χ4v) is 3.44. The number of anilines is 2. The molecule has 148 valence electrons. The molecule has 2 aliphatic rings. The second-order valence-corrected chi connectivity index (χ2v) is 6.74. The van der Waals surface area contributed by atoms with Gasteiger partial charge in [0, 0.05) is 30.8 Å². The highest BCUT2D eigenvalue weighted by Gasteiger charge is 2.29. The van der Waals surface area contributed by atoms with Crippen molar-refractivity contribution in [2.45, 2.75) is 12.8 Å². The lowest BCUT2D eigenvalue weighted by Crippen LogP contribution is -2.43. The van der Waals surface area contributed by atoms with Gasteiger partial charge in [-0.25, -0.2) is 0 Å². The van der Waals surface area contributed by atoms with Crippen molar-refractivity contribution in [1.29, 1.82) is 0 Å². The summed E-state index contributed by atoms with van der Waals surface area (Å²) < 4.78 is 10.6. The number of carbonyl (C=O) groups excluding carboxylic acids is 2. The summed E-state index contributed by atoms with van der Waals surface area (Å²) >= 11 is 0. The molecule has 4 rings (SSSR count). The number of rotatable bonds is 3. The molecule has 3 N–H and O–H groups in total. The Morgan fingerprint density at radius 3 is 2.57 bits per heavy atom. The Kier molecular flexibility index (Phi) is 5.94. The molecule has 7 nitrogen and oxygen atoms in total. The van der Waals surface area contributed by atoms with Crippen molar-refractivity contribution in [2.24, 2.45) is 5.92 Å². The van der Waals surface area contributed by atoms with E-state index in [1.807, 2.05) is 18.2 Å². The Labute approximate surface area is 169 Å². The number of piperidine rings is 1. The van der Waals surface area contributed by atoms with E-state index in [-0.39, 0.29) is 36.9 Å². The number of hydrogen-bond acceptors (Lipinski definition) is 5. The van der Waals surface area contributed by atoms with Gasteiger partial charge in [-0.15, -0.1) is 12.4 Å². The van der Waals surface area contributed by atoms with E-state index < -0.39 is 0 Å². The maximum Gasteiger partial charge on any atom is 0.253 e. The molecule has 2 aliphatic heterocycles. The number of hydrogen-bond donors (Lipinski definition) is 2. The largest absolute Gasteiger partial charge is 0.454 e. The van der Waals surface area contributed by atoms with Crippen LogP contribution in [0.15, 0.2) is 42.5 Å². The van der Waals surface area contributed by atoms with Gasteiger partial charge in [-0.05, 0) is 25.0 Å². The molecule has 0 radical (unpaired) electrons. The number of fused-ring (bicyclic) bond motifs is 1. The maximum atomic E-state index is 12.7. The van der Waals surface area contributed by atoms with Crippen LogP contribution < -0.4 is 20.5 Å². The van der Waals surface area contributed by atoms with Gasteiger partial charge in [-0.3, -0.25) is 9.59 Å². The van der Waals surface area contributed by atoms with E-state index in [1.165, 1.54) is 0 Å². The number of nitrogens with two attached hydrogens (primary N) is 1. The van der Waals surface area contributed by atoms with Crippen LogP contribution in [0.3, 0.4) is 0 Å². The smallest absolute Gasteiger partial charge is 0.253 e. The quantitative estimate of drug-likeness (QED) is 0.768. The molecule has 0 aliphatic carbocycles. The number of halogens is 1. The van der Waals surface area contributed by atoms with Crippen molar-refractivity contribution in [3.63, 3.8) is 0 Å². The van der Waals surface area contributed by atoms with Gasteiger partial charge in [-0.2, -0.15) is 0 Å². The zero-order chi connectivity index (χ0) is 18.8. The van der Waals surface area contributed by atoms with Crippen LogP contribution in [0.5, 0.6) is 11.5 Å². The summed E-state index contributed by atoms with van der Waals surface area (Å²) in [5.41, 5.74) is 7.56. The van der Waals surface area contributed by atoms with E-state index in [0.29, 0.717) is 41.5 Å². The molecule has 1 fully saturated rings. The summed E-state index contributed by atoms with van der Waals surface area (Å²) in [6.07, 6.45) is 1.52. The van der Waals surface area contributed by atoms with Crippen LogP contribution >= 0.6 is 12.4 Å². The summed E-state index contributed by atoms with van der Waals surface area (Å²) in [5.74, 6) is 0.657. The Morgan fingerprint density at radius 1 is 1.11 bits per heavy atom. The number of ether oxygens (including phenoxy) is 2. The van der Waals surface area contributed by atoms with Gasteiger partial charge in [0.2, 0.25) is 12.7 Å². The number of benzene rings is 2. The number of nitrogens with one attached hydrogen (secondary N) is 1. The molecule has 1 unspecified atom stereocenters. The molecular weight excluding hydrogens is 382 g/mol. The second-order valence-electron chi connectivity index (χ2n) is 6.74. The molecule has 2 aromatic rings. The molecule has 2 amide bonds. The van der Waals surface area contributed by atoms with Crippen molar-refractivity contribution < 1.29 is 19.1 Å². The van der Waals surface area contributed by atoms with Gasteiger partial charge in [0.1, 0.15) is 0 Å². The van der Waals surface area contributed by atoms with Crippen LogP contribution in [-0.4, -0.2) is 36.6 Å². The minimum absolute atomic E-state index is 0. The molecular formula is C20H22ClN3O4. The van der Waals surface area contributed by atoms with Crippen molar-refractivity contribution in [3.8, 4) is 11.5 Å². The number of carbonyl (C=O) groups is 2. The van der Waals surface area contributed by atoms with Crippen LogP contribution in [0.25, 0.3) is 0 Å². The zero-order valence-corrected chi connectivity index (χ0v) is 16.0. The molecule has 1 atom stereocenters. The molecule has 2 aromatic carbocycles. The molecule has 1 saturated heterocycles. The lowest BCUT2D eigenvalue weighted by molar-refractivity contribution is -0.121. The third kappa shape index (κ3) is 3.99. The first-order chi connectivity index (χ1) is 13.1. The minimum Gasteiger partial charge on any atom is -0.454 e. The Bertz CT molecular complexity index is 875. The van der Waals surface area contributed by atoms with E-state index in [1.54, 1.807) is 29.2 Å². The standard InChI is InChI=1S/C20H21N3O4.ClH/c21-15-9-17-18(27-12-26-17)10-16(15)22-19(24)14-7-4-8-23(11-14)20(25)13-5-2-1-3-6-13;/h1-3,5-6,9-10,14H,4,7-8,11-12,21H2,(H,22,24);1H. The van der Waals surface area contributed by atoms with Crippen molar-refractivity contribution >= 4 is 35.6 Å². The van der Waals surface area contributed by atoms with Gasteiger partial charge < -0.3 is 25.4 Å². The van der Waals surface area contributed by atoms with Crippen LogP contribution in [0.2, 0.25) is 0 Å². The lowest BCUT2D eigenvalue weighted by Gasteiger charge is -2.32. The number of nitrogen functional groups attached to an aromatic ring is 1. The highest BCUT2D eigenvalue weighted by molar-refractivity contribution is 5.98. The summed E-state index contributed by atoms with van der Waals surface area (Å²) in [6, 6.07) is 12.4. The topological polar surface area (TPSA) is 93.9 Å². The summed E-state index contributed by atoms with van der Waals surface area (Å²) in [6.45, 7) is 1.19. The summed E-state index contributed by atoms with van der Waals surface area (Å²) in [4.78, 5) is 27.1. The van der Waals surface area contributed by atoms with E-state index >= 15 is 0 Å².